The van der Waals surface area contributed by atoms with Crippen LogP contribution < -0.4 is 25.2 Å². The molecule has 2 N–H and O–H groups in total. The summed E-state index contributed by atoms with van der Waals surface area (Å²) in [4.78, 5) is 20.6. The molecular weight excluding hydrogens is 596 g/mol. The number of ether oxygens (including phenoxy) is 3. The Morgan fingerprint density at radius 2 is 1.67 bits per heavy atom. The minimum Gasteiger partial charge on any atom is -0.488 e. The van der Waals surface area contributed by atoms with Crippen LogP contribution in [-0.4, -0.2) is 72.5 Å². The summed E-state index contributed by atoms with van der Waals surface area (Å²) in [7, 11) is 0. The SMILES string of the molecule is CC(C)NC(=O)Nc1ccc(N2CCN(c3ccc(OCC4OCC(Cn5cncn5)(c5ccc(F)cc5F)O4)cc3)CC2)cc1. The van der Waals surface area contributed by atoms with Crippen molar-refractivity contribution < 1.29 is 27.8 Å². The number of halogens is 2. The zero-order valence-corrected chi connectivity index (χ0v) is 25.7. The number of hydrogen-bond donors (Lipinski definition) is 2. The lowest BCUT2D eigenvalue weighted by atomic mass is 9.94. The maximum Gasteiger partial charge on any atom is 0.319 e. The predicted molar refractivity (Wildman–Crippen MR) is 169 cm³/mol. The third kappa shape index (κ3) is 7.37. The average molecular weight is 634 g/mol. The summed E-state index contributed by atoms with van der Waals surface area (Å²) in [6, 6.07) is 19.0. The Bertz CT molecular complexity index is 1600. The van der Waals surface area contributed by atoms with Gasteiger partial charge in [-0.2, -0.15) is 5.10 Å². The van der Waals surface area contributed by atoms with E-state index in [-0.39, 0.29) is 37.4 Å². The van der Waals surface area contributed by atoms with Gasteiger partial charge >= 0.3 is 6.03 Å². The molecule has 0 saturated carbocycles. The Morgan fingerprint density at radius 3 is 2.28 bits per heavy atom. The molecule has 242 valence electrons. The van der Waals surface area contributed by atoms with Crippen LogP contribution in [0.15, 0.2) is 79.4 Å². The Labute approximate surface area is 266 Å². The molecule has 0 aliphatic carbocycles. The number of aromatic nitrogens is 3. The third-order valence-electron chi connectivity index (χ3n) is 7.94. The molecule has 3 heterocycles. The minimum atomic E-state index is -1.23. The Hall–Kier alpha value is -4.75. The van der Waals surface area contributed by atoms with Gasteiger partial charge in [0.15, 0.2) is 6.29 Å². The van der Waals surface area contributed by atoms with Crippen molar-refractivity contribution in [3.8, 4) is 5.75 Å². The summed E-state index contributed by atoms with van der Waals surface area (Å²) in [5.41, 5.74) is 1.91. The zero-order valence-electron chi connectivity index (χ0n) is 25.7. The van der Waals surface area contributed by atoms with Crippen LogP contribution in [0.1, 0.15) is 19.4 Å². The molecule has 4 aromatic rings. The fourth-order valence-corrected chi connectivity index (χ4v) is 5.70. The molecule has 2 saturated heterocycles. The van der Waals surface area contributed by atoms with Crippen molar-refractivity contribution in [1.29, 1.82) is 0 Å². The van der Waals surface area contributed by atoms with Gasteiger partial charge in [0, 0.05) is 60.9 Å². The van der Waals surface area contributed by atoms with Gasteiger partial charge in [-0.05, 0) is 68.4 Å². The maximum absolute atomic E-state index is 14.9. The van der Waals surface area contributed by atoms with Crippen molar-refractivity contribution in [3.05, 3.63) is 96.6 Å². The normalized spacial score (nSPS) is 19.8. The molecule has 0 radical (unpaired) electrons. The molecule has 0 spiro atoms. The zero-order chi connectivity index (χ0) is 32.1. The highest BCUT2D eigenvalue weighted by atomic mass is 19.1. The number of nitrogens with one attached hydrogen (secondary N) is 2. The average Bonchev–Trinajstić information content (AvgIpc) is 3.71. The van der Waals surface area contributed by atoms with Gasteiger partial charge in [0.2, 0.25) is 0 Å². The van der Waals surface area contributed by atoms with Crippen molar-refractivity contribution in [2.75, 3.05) is 54.5 Å². The van der Waals surface area contributed by atoms with E-state index in [4.69, 9.17) is 14.2 Å². The molecule has 2 amide bonds. The van der Waals surface area contributed by atoms with Crippen molar-refractivity contribution in [2.24, 2.45) is 0 Å². The van der Waals surface area contributed by atoms with Crippen molar-refractivity contribution >= 4 is 23.1 Å². The molecule has 2 fully saturated rings. The van der Waals surface area contributed by atoms with Gasteiger partial charge < -0.3 is 34.6 Å². The number of rotatable bonds is 10. The van der Waals surface area contributed by atoms with E-state index >= 15 is 0 Å². The fraction of sp³-hybridized carbons (Fsp3) is 0.364. The smallest absolute Gasteiger partial charge is 0.319 e. The van der Waals surface area contributed by atoms with Gasteiger partial charge in [-0.3, -0.25) is 0 Å². The molecule has 3 aromatic carbocycles. The van der Waals surface area contributed by atoms with E-state index in [1.54, 1.807) is 0 Å². The number of carbonyl (C=O) groups excluding carboxylic acids is 1. The van der Waals surface area contributed by atoms with E-state index in [2.05, 4.69) is 30.5 Å². The van der Waals surface area contributed by atoms with E-state index in [1.165, 1.54) is 29.5 Å². The predicted octanol–water partition coefficient (Wildman–Crippen LogP) is 4.76. The van der Waals surface area contributed by atoms with Gasteiger partial charge in [-0.1, -0.05) is 6.07 Å². The lowest BCUT2D eigenvalue weighted by Crippen LogP contribution is -2.46. The van der Waals surface area contributed by atoms with Crippen LogP contribution >= 0.6 is 0 Å². The maximum atomic E-state index is 14.9. The fourth-order valence-electron chi connectivity index (χ4n) is 5.70. The van der Waals surface area contributed by atoms with E-state index < -0.39 is 23.5 Å². The molecule has 13 heteroatoms. The number of piperazine rings is 1. The number of nitrogens with zero attached hydrogens (tertiary/aromatic N) is 5. The van der Waals surface area contributed by atoms with E-state index in [9.17, 15) is 13.6 Å². The van der Waals surface area contributed by atoms with Crippen molar-refractivity contribution in [1.82, 2.24) is 20.1 Å². The molecule has 11 nitrogen and oxygen atoms in total. The number of hydrogen-bond acceptors (Lipinski definition) is 8. The summed E-state index contributed by atoms with van der Waals surface area (Å²) < 4.78 is 48.1. The minimum absolute atomic E-state index is 0.0326. The topological polar surface area (TPSA) is 106 Å². The molecule has 2 atom stereocenters. The number of urea groups is 1. The van der Waals surface area contributed by atoms with E-state index in [1.807, 2.05) is 62.4 Å². The summed E-state index contributed by atoms with van der Waals surface area (Å²) in [6.07, 6.45) is 2.11. The van der Waals surface area contributed by atoms with Crippen molar-refractivity contribution in [2.45, 2.75) is 38.3 Å². The van der Waals surface area contributed by atoms with Crippen LogP contribution in [0.25, 0.3) is 0 Å². The third-order valence-corrected chi connectivity index (χ3v) is 7.94. The molecular formula is C33H37F2N7O4. The van der Waals surface area contributed by atoms with Crippen LogP contribution in [-0.2, 0) is 21.6 Å². The number of benzene rings is 3. The second kappa shape index (κ2) is 13.7. The summed E-state index contributed by atoms with van der Waals surface area (Å²) >= 11 is 0. The Kier molecular flexibility index (Phi) is 9.31. The van der Waals surface area contributed by atoms with E-state index in [0.29, 0.717) is 5.75 Å². The lowest BCUT2D eigenvalue weighted by Gasteiger charge is -2.37. The van der Waals surface area contributed by atoms with Gasteiger partial charge in [-0.15, -0.1) is 0 Å². The molecule has 0 bridgehead atoms. The number of amides is 2. The van der Waals surface area contributed by atoms with Gasteiger partial charge in [0.05, 0.1) is 13.2 Å². The van der Waals surface area contributed by atoms with Crippen LogP contribution in [0, 0.1) is 11.6 Å². The second-order valence-electron chi connectivity index (χ2n) is 11.6. The highest BCUT2D eigenvalue weighted by Crippen LogP contribution is 2.37. The summed E-state index contributed by atoms with van der Waals surface area (Å²) in [6.45, 7) is 7.52. The molecule has 2 unspecified atom stereocenters. The molecule has 6 rings (SSSR count). The quantitative estimate of drug-likeness (QED) is 0.258. The molecule has 2 aliphatic rings. The first-order chi connectivity index (χ1) is 22.3. The lowest BCUT2D eigenvalue weighted by molar-refractivity contribution is -0.117. The summed E-state index contributed by atoms with van der Waals surface area (Å²) in [5, 5.41) is 9.79. The number of carbonyl (C=O) groups is 1. The van der Waals surface area contributed by atoms with Gasteiger partial charge in [0.25, 0.3) is 0 Å². The van der Waals surface area contributed by atoms with Crippen molar-refractivity contribution in [3.63, 3.8) is 0 Å². The van der Waals surface area contributed by atoms with Crippen LogP contribution in [0.3, 0.4) is 0 Å². The Morgan fingerprint density at radius 1 is 1.00 bits per heavy atom. The van der Waals surface area contributed by atoms with Gasteiger partial charge in [-0.25, -0.2) is 23.2 Å². The van der Waals surface area contributed by atoms with Crippen LogP contribution in [0.4, 0.5) is 30.6 Å². The molecule has 46 heavy (non-hydrogen) atoms. The van der Waals surface area contributed by atoms with Crippen LogP contribution in [0.5, 0.6) is 5.75 Å². The monoisotopic (exact) mass is 633 g/mol. The first-order valence-corrected chi connectivity index (χ1v) is 15.2. The Balaban J connectivity index is 1.00. The highest BCUT2D eigenvalue weighted by molar-refractivity contribution is 5.89. The molecule has 2 aliphatic heterocycles. The highest BCUT2D eigenvalue weighted by Gasteiger charge is 2.45. The first-order valence-electron chi connectivity index (χ1n) is 15.2. The second-order valence-corrected chi connectivity index (χ2v) is 11.6. The van der Waals surface area contributed by atoms with Gasteiger partial charge in [0.1, 0.15) is 42.2 Å². The largest absolute Gasteiger partial charge is 0.488 e. The number of anilines is 3. The first kappa shape index (κ1) is 31.2. The molecule has 1 aromatic heterocycles. The van der Waals surface area contributed by atoms with Crippen LogP contribution in [0.2, 0.25) is 0 Å². The van der Waals surface area contributed by atoms with E-state index in [0.717, 1.165) is 49.3 Å². The summed E-state index contributed by atoms with van der Waals surface area (Å²) in [5.74, 6) is -0.749. The standard InChI is InChI=1S/C33H37F2N7O4/c1-23(2)38-32(43)39-25-4-6-26(7-5-25)40-13-15-41(16-14-40)27-8-10-28(11-9-27)44-18-31-45-20-33(46-31,19-42-22-36-21-37-42)29-12-3-24(34)17-30(29)35/h3-12,17,21-23,31H,13-16,18-20H2,1-2H3,(H2,38,39,43).